The van der Waals surface area contributed by atoms with E-state index in [2.05, 4.69) is 0 Å². The van der Waals surface area contributed by atoms with Crippen molar-refractivity contribution in [2.75, 3.05) is 25.6 Å². The highest BCUT2D eigenvalue weighted by Crippen LogP contribution is 2.27. The van der Waals surface area contributed by atoms with Crippen molar-refractivity contribution >= 4 is 34.7 Å². The molecule has 5 heteroatoms. The highest BCUT2D eigenvalue weighted by atomic mass is 35.5. The molecule has 0 aliphatic rings. The molecular formula is C16H15Cl2NO2. The molecule has 2 aromatic rings. The predicted octanol–water partition coefficient (Wildman–Crippen LogP) is 4.32. The largest absolute Gasteiger partial charge is 0.495 e. The van der Waals surface area contributed by atoms with Crippen LogP contribution in [0, 0.1) is 0 Å². The number of ether oxygens (including phenoxy) is 1. The van der Waals surface area contributed by atoms with Gasteiger partial charge >= 0.3 is 0 Å². The van der Waals surface area contributed by atoms with Crippen LogP contribution in [-0.2, 0) is 0 Å². The zero-order chi connectivity index (χ0) is 15.4. The topological polar surface area (TPSA) is 29.5 Å². The first kappa shape index (κ1) is 15.7. The molecule has 0 heterocycles. The van der Waals surface area contributed by atoms with E-state index >= 15 is 0 Å². The number of likely N-dealkylation sites (N-methyl/N-ethyl adjacent to an activating group) is 1. The van der Waals surface area contributed by atoms with Gasteiger partial charge in [0.2, 0.25) is 0 Å². The van der Waals surface area contributed by atoms with E-state index in [0.29, 0.717) is 15.6 Å². The zero-order valence-corrected chi connectivity index (χ0v) is 13.3. The van der Waals surface area contributed by atoms with Crippen molar-refractivity contribution in [1.29, 1.82) is 0 Å². The molecule has 0 saturated heterocycles. The SMILES string of the molecule is COc1ccccc1N(C)CC(=O)c1ccc(Cl)cc1Cl. The van der Waals surface area contributed by atoms with Gasteiger partial charge in [0.05, 0.1) is 24.4 Å². The lowest BCUT2D eigenvalue weighted by atomic mass is 10.1. The summed E-state index contributed by atoms with van der Waals surface area (Å²) in [6.07, 6.45) is 0. The number of hydrogen-bond acceptors (Lipinski definition) is 3. The number of carbonyl (C=O) groups excluding carboxylic acids is 1. The quantitative estimate of drug-likeness (QED) is 0.767. The minimum Gasteiger partial charge on any atom is -0.495 e. The standard InChI is InChI=1S/C16H15Cl2NO2/c1-19(14-5-3-4-6-16(14)21-2)10-15(20)12-8-7-11(17)9-13(12)18/h3-9H,10H2,1-2H3. The van der Waals surface area contributed by atoms with Crippen LogP contribution in [0.1, 0.15) is 10.4 Å². The summed E-state index contributed by atoms with van der Waals surface area (Å²) in [5, 5.41) is 0.871. The number of Topliss-reactive ketones (excluding diaryl/α,β-unsaturated/α-hetero) is 1. The van der Waals surface area contributed by atoms with Gasteiger partial charge in [-0.1, -0.05) is 35.3 Å². The molecule has 3 nitrogen and oxygen atoms in total. The molecule has 110 valence electrons. The minimum atomic E-state index is -0.0786. The molecule has 0 unspecified atom stereocenters. The molecule has 0 saturated carbocycles. The van der Waals surface area contributed by atoms with Crippen LogP contribution < -0.4 is 9.64 Å². The van der Waals surface area contributed by atoms with E-state index in [4.69, 9.17) is 27.9 Å². The highest BCUT2D eigenvalue weighted by Gasteiger charge is 2.15. The Morgan fingerprint density at radius 3 is 2.57 bits per heavy atom. The van der Waals surface area contributed by atoms with Gasteiger partial charge in [0.1, 0.15) is 5.75 Å². The summed E-state index contributed by atoms with van der Waals surface area (Å²) in [7, 11) is 3.43. The van der Waals surface area contributed by atoms with Gasteiger partial charge in [-0.3, -0.25) is 4.79 Å². The van der Waals surface area contributed by atoms with Gasteiger partial charge in [-0.2, -0.15) is 0 Å². The summed E-state index contributed by atoms with van der Waals surface area (Å²) >= 11 is 11.9. The molecule has 0 aliphatic heterocycles. The van der Waals surface area contributed by atoms with E-state index in [1.165, 1.54) is 0 Å². The number of anilines is 1. The van der Waals surface area contributed by atoms with Gasteiger partial charge in [0, 0.05) is 17.6 Å². The summed E-state index contributed by atoms with van der Waals surface area (Å²) in [4.78, 5) is 14.2. The Bertz CT molecular complexity index is 658. The average molecular weight is 324 g/mol. The third-order valence-corrected chi connectivity index (χ3v) is 3.66. The fourth-order valence-electron chi connectivity index (χ4n) is 2.05. The normalized spacial score (nSPS) is 10.3. The Morgan fingerprint density at radius 1 is 1.19 bits per heavy atom. The van der Waals surface area contributed by atoms with Crippen molar-refractivity contribution in [3.8, 4) is 5.75 Å². The maximum atomic E-state index is 12.4. The van der Waals surface area contributed by atoms with Gasteiger partial charge in [-0.25, -0.2) is 0 Å². The van der Waals surface area contributed by atoms with Crippen LogP contribution in [0.15, 0.2) is 42.5 Å². The smallest absolute Gasteiger partial charge is 0.183 e. The highest BCUT2D eigenvalue weighted by molar-refractivity contribution is 6.36. The fourth-order valence-corrected chi connectivity index (χ4v) is 2.56. The lowest BCUT2D eigenvalue weighted by Crippen LogP contribution is -2.26. The Kier molecular flexibility index (Phi) is 5.10. The van der Waals surface area contributed by atoms with E-state index in [1.54, 1.807) is 25.3 Å². The fraction of sp³-hybridized carbons (Fsp3) is 0.188. The molecule has 21 heavy (non-hydrogen) atoms. The lowest BCUT2D eigenvalue weighted by Gasteiger charge is -2.21. The molecular weight excluding hydrogens is 309 g/mol. The van der Waals surface area contributed by atoms with E-state index in [0.717, 1.165) is 11.4 Å². The molecule has 2 aromatic carbocycles. The number of para-hydroxylation sites is 2. The van der Waals surface area contributed by atoms with Gasteiger partial charge in [0.15, 0.2) is 5.78 Å². The van der Waals surface area contributed by atoms with Crippen molar-refractivity contribution in [3.63, 3.8) is 0 Å². The van der Waals surface area contributed by atoms with Crippen LogP contribution in [0.4, 0.5) is 5.69 Å². The Balaban J connectivity index is 2.19. The van der Waals surface area contributed by atoms with Crippen LogP contribution >= 0.6 is 23.2 Å². The minimum absolute atomic E-state index is 0.0786. The second kappa shape index (κ2) is 6.83. The molecule has 0 fully saturated rings. The van der Waals surface area contributed by atoms with Crippen molar-refractivity contribution in [2.45, 2.75) is 0 Å². The second-order valence-corrected chi connectivity index (χ2v) is 5.42. The second-order valence-electron chi connectivity index (χ2n) is 4.58. The van der Waals surface area contributed by atoms with Crippen LogP contribution in [-0.4, -0.2) is 26.5 Å². The van der Waals surface area contributed by atoms with Gasteiger partial charge in [0.25, 0.3) is 0 Å². The summed E-state index contributed by atoms with van der Waals surface area (Å²) in [5.74, 6) is 0.639. The number of carbonyl (C=O) groups is 1. The maximum absolute atomic E-state index is 12.4. The summed E-state index contributed by atoms with van der Waals surface area (Å²) < 4.78 is 5.30. The number of nitrogens with zero attached hydrogens (tertiary/aromatic N) is 1. The molecule has 2 rings (SSSR count). The van der Waals surface area contributed by atoms with Gasteiger partial charge in [-0.05, 0) is 30.3 Å². The number of halogens is 2. The molecule has 0 amide bonds. The van der Waals surface area contributed by atoms with Crippen LogP contribution in [0.2, 0.25) is 10.0 Å². The summed E-state index contributed by atoms with van der Waals surface area (Å²) in [6.45, 7) is 0.196. The zero-order valence-electron chi connectivity index (χ0n) is 11.8. The first-order valence-electron chi connectivity index (χ1n) is 6.35. The van der Waals surface area contributed by atoms with E-state index in [9.17, 15) is 4.79 Å². The van der Waals surface area contributed by atoms with Crippen LogP contribution in [0.3, 0.4) is 0 Å². The molecule has 0 bridgehead atoms. The first-order valence-corrected chi connectivity index (χ1v) is 7.11. The lowest BCUT2D eigenvalue weighted by molar-refractivity contribution is 0.100. The Morgan fingerprint density at radius 2 is 1.90 bits per heavy atom. The summed E-state index contributed by atoms with van der Waals surface area (Å²) in [6, 6.07) is 12.4. The number of methoxy groups -OCH3 is 1. The molecule has 0 aliphatic carbocycles. The van der Waals surface area contributed by atoms with Crippen LogP contribution in [0.25, 0.3) is 0 Å². The molecule has 0 spiro atoms. The number of rotatable bonds is 5. The third-order valence-electron chi connectivity index (χ3n) is 3.11. The van der Waals surface area contributed by atoms with Crippen LogP contribution in [0.5, 0.6) is 5.75 Å². The average Bonchev–Trinajstić information content (AvgIpc) is 2.46. The third kappa shape index (κ3) is 3.69. The Hall–Kier alpha value is -1.71. The molecule has 0 atom stereocenters. The van der Waals surface area contributed by atoms with E-state index < -0.39 is 0 Å². The summed E-state index contributed by atoms with van der Waals surface area (Å²) in [5.41, 5.74) is 1.31. The van der Waals surface area contributed by atoms with Gasteiger partial charge in [-0.15, -0.1) is 0 Å². The number of hydrogen-bond donors (Lipinski definition) is 0. The monoisotopic (exact) mass is 323 g/mol. The number of ketones is 1. The molecule has 0 aromatic heterocycles. The van der Waals surface area contributed by atoms with Crippen molar-refractivity contribution in [1.82, 2.24) is 0 Å². The van der Waals surface area contributed by atoms with Crippen molar-refractivity contribution in [3.05, 3.63) is 58.1 Å². The first-order chi connectivity index (χ1) is 10.0. The van der Waals surface area contributed by atoms with E-state index in [-0.39, 0.29) is 12.3 Å². The molecule has 0 radical (unpaired) electrons. The number of benzene rings is 2. The van der Waals surface area contributed by atoms with E-state index in [1.807, 2.05) is 36.2 Å². The van der Waals surface area contributed by atoms with Crippen molar-refractivity contribution in [2.24, 2.45) is 0 Å². The van der Waals surface area contributed by atoms with Gasteiger partial charge < -0.3 is 9.64 Å². The Labute approximate surface area is 134 Å². The maximum Gasteiger partial charge on any atom is 0.183 e. The van der Waals surface area contributed by atoms with Crippen molar-refractivity contribution < 1.29 is 9.53 Å². The predicted molar refractivity (Wildman–Crippen MR) is 87.1 cm³/mol. The molecule has 0 N–H and O–H groups in total.